The maximum atomic E-state index is 13.0. The second-order valence-electron chi connectivity index (χ2n) is 9.18. The molecule has 0 saturated carbocycles. The molecular formula is C26H32N2O3. The number of primary amides is 1. The van der Waals surface area contributed by atoms with Crippen LogP contribution in [0.4, 0.5) is 4.79 Å². The van der Waals surface area contributed by atoms with Crippen LogP contribution in [0.3, 0.4) is 0 Å². The molecule has 2 bridgehead atoms. The predicted molar refractivity (Wildman–Crippen MR) is 121 cm³/mol. The Balaban J connectivity index is 1.57. The highest BCUT2D eigenvalue weighted by Gasteiger charge is 2.52. The molecule has 3 atom stereocenters. The number of hydrogen-bond donors (Lipinski definition) is 1. The molecular weight excluding hydrogens is 388 g/mol. The molecule has 0 unspecified atom stereocenters. The molecule has 31 heavy (non-hydrogen) atoms. The highest BCUT2D eigenvalue weighted by atomic mass is 16.6. The van der Waals surface area contributed by atoms with Gasteiger partial charge in [0.2, 0.25) is 5.91 Å². The number of benzene rings is 2. The Labute approximate surface area is 184 Å². The third-order valence-electron chi connectivity index (χ3n) is 7.36. The average molecular weight is 421 g/mol. The van der Waals surface area contributed by atoms with Gasteiger partial charge in [0.25, 0.3) is 0 Å². The number of nitrogens with two attached hydrogens (primary N) is 1. The fourth-order valence-electron chi connectivity index (χ4n) is 5.67. The molecule has 2 aromatic carbocycles. The van der Waals surface area contributed by atoms with Gasteiger partial charge in [-0.1, -0.05) is 61.0 Å². The lowest BCUT2D eigenvalue weighted by Crippen LogP contribution is -2.60. The molecule has 164 valence electrons. The fourth-order valence-corrected chi connectivity index (χ4v) is 5.67. The number of piperidine rings is 1. The zero-order valence-corrected chi connectivity index (χ0v) is 18.5. The minimum absolute atomic E-state index is 0.0318. The van der Waals surface area contributed by atoms with Crippen molar-refractivity contribution < 1.29 is 14.3 Å². The maximum Gasteiger partial charge on any atom is 0.410 e. The van der Waals surface area contributed by atoms with Crippen molar-refractivity contribution in [3.63, 3.8) is 0 Å². The zero-order chi connectivity index (χ0) is 22.0. The predicted octanol–water partition coefficient (Wildman–Crippen LogP) is 4.49. The van der Waals surface area contributed by atoms with E-state index in [1.165, 1.54) is 16.7 Å². The van der Waals surface area contributed by atoms with Gasteiger partial charge in [0, 0.05) is 24.4 Å². The van der Waals surface area contributed by atoms with Gasteiger partial charge in [-0.25, -0.2) is 4.79 Å². The van der Waals surface area contributed by atoms with E-state index < -0.39 is 0 Å². The number of rotatable bonds is 6. The quantitative estimate of drug-likeness (QED) is 0.748. The summed E-state index contributed by atoms with van der Waals surface area (Å²) in [4.78, 5) is 26.3. The first-order valence-corrected chi connectivity index (χ1v) is 11.3. The summed E-state index contributed by atoms with van der Waals surface area (Å²) in [5.41, 5.74) is 10.3. The molecule has 2 N–H and O–H groups in total. The first-order valence-electron chi connectivity index (χ1n) is 11.3. The van der Waals surface area contributed by atoms with Crippen molar-refractivity contribution in [2.24, 2.45) is 11.7 Å². The van der Waals surface area contributed by atoms with Crippen molar-refractivity contribution in [1.82, 2.24) is 4.90 Å². The van der Waals surface area contributed by atoms with E-state index in [1.54, 1.807) is 0 Å². The molecule has 2 aromatic rings. The molecule has 1 aliphatic heterocycles. The highest BCUT2D eigenvalue weighted by Crippen LogP contribution is 2.52. The summed E-state index contributed by atoms with van der Waals surface area (Å²) in [5, 5.41) is 0. The van der Waals surface area contributed by atoms with Crippen LogP contribution in [-0.4, -0.2) is 29.5 Å². The van der Waals surface area contributed by atoms with Crippen LogP contribution in [-0.2, 0) is 28.0 Å². The topological polar surface area (TPSA) is 72.6 Å². The molecule has 2 amide bonds. The summed E-state index contributed by atoms with van der Waals surface area (Å²) in [6.45, 7) is 5.35. The van der Waals surface area contributed by atoms with Crippen LogP contribution < -0.4 is 5.73 Å². The average Bonchev–Trinajstić information content (AvgIpc) is 2.75. The number of carbonyl (C=O) groups is 2. The first-order chi connectivity index (χ1) is 14.9. The van der Waals surface area contributed by atoms with Gasteiger partial charge in [0.15, 0.2) is 0 Å². The number of amides is 2. The Morgan fingerprint density at radius 3 is 2.71 bits per heavy atom. The third-order valence-corrected chi connectivity index (χ3v) is 7.36. The lowest BCUT2D eigenvalue weighted by Gasteiger charge is -2.55. The lowest BCUT2D eigenvalue weighted by atomic mass is 9.56. The zero-order valence-electron chi connectivity index (χ0n) is 18.5. The van der Waals surface area contributed by atoms with Gasteiger partial charge >= 0.3 is 6.09 Å². The van der Waals surface area contributed by atoms with Gasteiger partial charge in [-0.2, -0.15) is 0 Å². The Morgan fingerprint density at radius 2 is 1.97 bits per heavy atom. The van der Waals surface area contributed by atoms with E-state index in [-0.39, 0.29) is 36.0 Å². The molecule has 1 fully saturated rings. The van der Waals surface area contributed by atoms with Crippen LogP contribution in [0.15, 0.2) is 48.5 Å². The summed E-state index contributed by atoms with van der Waals surface area (Å²) >= 11 is 0. The molecule has 2 aliphatic rings. The molecule has 5 heteroatoms. The van der Waals surface area contributed by atoms with E-state index in [1.807, 2.05) is 35.2 Å². The van der Waals surface area contributed by atoms with E-state index in [0.717, 1.165) is 31.2 Å². The summed E-state index contributed by atoms with van der Waals surface area (Å²) in [6, 6.07) is 16.6. The van der Waals surface area contributed by atoms with E-state index in [2.05, 4.69) is 32.0 Å². The van der Waals surface area contributed by atoms with Crippen LogP contribution in [0.2, 0.25) is 0 Å². The highest BCUT2D eigenvalue weighted by molar-refractivity contribution is 5.73. The summed E-state index contributed by atoms with van der Waals surface area (Å²) in [7, 11) is 0. The van der Waals surface area contributed by atoms with Crippen LogP contribution in [0.25, 0.3) is 0 Å². The molecule has 0 spiro atoms. The summed E-state index contributed by atoms with van der Waals surface area (Å²) in [6.07, 6.45) is 3.58. The van der Waals surface area contributed by atoms with Gasteiger partial charge in [-0.05, 0) is 55.2 Å². The van der Waals surface area contributed by atoms with Crippen LogP contribution in [0.5, 0.6) is 0 Å². The van der Waals surface area contributed by atoms with Crippen molar-refractivity contribution in [1.29, 1.82) is 0 Å². The van der Waals surface area contributed by atoms with E-state index in [0.29, 0.717) is 13.0 Å². The minimum Gasteiger partial charge on any atom is -0.445 e. The SMILES string of the molecule is Cc1ccc2c(c1)[C@]1(CCCC(N)=O)CCN(C(=O)OCc3ccccc3)[C@H](C2)[C@@H]1C. The van der Waals surface area contributed by atoms with Crippen molar-refractivity contribution in [2.75, 3.05) is 6.54 Å². The molecule has 1 saturated heterocycles. The van der Waals surface area contributed by atoms with Crippen molar-refractivity contribution in [2.45, 2.75) is 64.0 Å². The number of aryl methyl sites for hydroxylation is 1. The Bertz CT molecular complexity index is 958. The Hall–Kier alpha value is -2.82. The fraction of sp³-hybridized carbons (Fsp3) is 0.462. The molecule has 1 heterocycles. The van der Waals surface area contributed by atoms with E-state index >= 15 is 0 Å². The largest absolute Gasteiger partial charge is 0.445 e. The van der Waals surface area contributed by atoms with Gasteiger partial charge in [0.1, 0.15) is 6.61 Å². The van der Waals surface area contributed by atoms with Gasteiger partial charge < -0.3 is 15.4 Å². The third kappa shape index (κ3) is 4.18. The van der Waals surface area contributed by atoms with Gasteiger partial charge in [0.05, 0.1) is 0 Å². The van der Waals surface area contributed by atoms with Crippen LogP contribution >= 0.6 is 0 Å². The summed E-state index contributed by atoms with van der Waals surface area (Å²) in [5.74, 6) is 0.0375. The molecule has 0 aromatic heterocycles. The van der Waals surface area contributed by atoms with Crippen LogP contribution in [0.1, 0.15) is 54.9 Å². The summed E-state index contributed by atoms with van der Waals surface area (Å²) < 4.78 is 5.69. The van der Waals surface area contributed by atoms with Crippen LogP contribution in [0, 0.1) is 12.8 Å². The minimum atomic E-state index is -0.247. The van der Waals surface area contributed by atoms with E-state index in [9.17, 15) is 9.59 Å². The lowest BCUT2D eigenvalue weighted by molar-refractivity contribution is -0.118. The number of ether oxygens (including phenoxy) is 1. The Kier molecular flexibility index (Phi) is 6.03. The molecule has 1 aliphatic carbocycles. The van der Waals surface area contributed by atoms with E-state index in [4.69, 9.17) is 10.5 Å². The first kappa shape index (κ1) is 21.4. The monoisotopic (exact) mass is 420 g/mol. The number of hydrogen-bond acceptors (Lipinski definition) is 3. The number of fused-ring (bicyclic) bond motifs is 4. The van der Waals surface area contributed by atoms with Gasteiger partial charge in [-0.15, -0.1) is 0 Å². The number of nitrogens with zero attached hydrogens (tertiary/aromatic N) is 1. The Morgan fingerprint density at radius 1 is 1.19 bits per heavy atom. The second-order valence-corrected chi connectivity index (χ2v) is 9.18. The molecule has 4 rings (SSSR count). The maximum absolute atomic E-state index is 13.0. The second kappa shape index (κ2) is 8.74. The standard InChI is InChI=1S/C26H32N2O3/c1-18-10-11-21-16-23-19(2)26(22(21)15-18,12-6-9-24(27)29)13-14-28(23)25(30)31-17-20-7-4-3-5-8-20/h3-5,7-8,10-11,15,19,23H,6,9,12-14,16-17H2,1-2H3,(H2,27,29)/t19-,23+,26+/m0/s1. The van der Waals surface area contributed by atoms with Crippen molar-refractivity contribution in [3.05, 3.63) is 70.8 Å². The molecule has 0 radical (unpaired) electrons. The number of likely N-dealkylation sites (tertiary alicyclic amines) is 1. The molecule has 5 nitrogen and oxygen atoms in total. The number of carbonyl (C=O) groups excluding carboxylic acids is 2. The van der Waals surface area contributed by atoms with Crippen molar-refractivity contribution >= 4 is 12.0 Å². The van der Waals surface area contributed by atoms with Gasteiger partial charge in [-0.3, -0.25) is 4.79 Å². The van der Waals surface area contributed by atoms with Crippen molar-refractivity contribution in [3.8, 4) is 0 Å². The normalized spacial score (nSPS) is 24.4. The smallest absolute Gasteiger partial charge is 0.410 e.